The number of thioether (sulfide) groups is 1. The molecule has 0 aliphatic carbocycles. The van der Waals surface area contributed by atoms with Crippen molar-refractivity contribution < 1.29 is 4.79 Å². The highest BCUT2D eigenvalue weighted by Gasteiger charge is 2.30. The summed E-state index contributed by atoms with van der Waals surface area (Å²) in [5.41, 5.74) is 7.13. The lowest BCUT2D eigenvalue weighted by Crippen LogP contribution is -2.02. The number of ketones is 1. The number of hydrogen-bond acceptors (Lipinski definition) is 3. The Hall–Kier alpha value is -0.480. The number of carbonyl (C=O) groups excluding carboxylic acids is 1. The van der Waals surface area contributed by atoms with Crippen LogP contribution in [0.15, 0.2) is 23.1 Å². The summed E-state index contributed by atoms with van der Waals surface area (Å²) in [4.78, 5) is 12.3. The summed E-state index contributed by atoms with van der Waals surface area (Å²) in [6.45, 7) is 0. The van der Waals surface area contributed by atoms with E-state index >= 15 is 0 Å². The molecule has 0 spiro atoms. The molecule has 0 aromatic heterocycles. The standard InChI is InChI=1S/C8H6BrNOS/c9-8-6(11)4-2-1-3-5(10)7(4)12-8/h1-3,8H,10H2. The maximum absolute atomic E-state index is 11.4. The molecule has 1 unspecified atom stereocenters. The fourth-order valence-corrected chi connectivity index (χ4v) is 2.91. The molecule has 0 radical (unpaired) electrons. The maximum atomic E-state index is 11.4. The first-order valence-electron chi connectivity index (χ1n) is 3.43. The van der Waals surface area contributed by atoms with E-state index in [9.17, 15) is 4.79 Å². The second-order valence-corrected chi connectivity index (χ2v) is 5.16. The second-order valence-electron chi connectivity index (χ2n) is 2.52. The van der Waals surface area contributed by atoms with E-state index in [-0.39, 0.29) is 9.94 Å². The van der Waals surface area contributed by atoms with Gasteiger partial charge in [-0.1, -0.05) is 39.8 Å². The Labute approximate surface area is 82.6 Å². The van der Waals surface area contributed by atoms with Crippen LogP contribution in [-0.4, -0.2) is 9.94 Å². The van der Waals surface area contributed by atoms with E-state index in [2.05, 4.69) is 15.9 Å². The van der Waals surface area contributed by atoms with E-state index in [1.807, 2.05) is 12.1 Å². The topological polar surface area (TPSA) is 43.1 Å². The third-order valence-electron chi connectivity index (χ3n) is 1.74. The van der Waals surface area contributed by atoms with Crippen LogP contribution < -0.4 is 5.73 Å². The number of nitrogens with two attached hydrogens (primary N) is 1. The summed E-state index contributed by atoms with van der Waals surface area (Å²) in [6.07, 6.45) is 0. The molecule has 2 rings (SSSR count). The molecule has 0 fully saturated rings. The van der Waals surface area contributed by atoms with Gasteiger partial charge in [-0.25, -0.2) is 0 Å². The lowest BCUT2D eigenvalue weighted by Gasteiger charge is -1.98. The van der Waals surface area contributed by atoms with Gasteiger partial charge in [0.05, 0.1) is 0 Å². The largest absolute Gasteiger partial charge is 0.398 e. The quantitative estimate of drug-likeness (QED) is 0.562. The molecular formula is C8H6BrNOS. The van der Waals surface area contributed by atoms with Crippen LogP contribution in [0.25, 0.3) is 0 Å². The number of halogens is 1. The fraction of sp³-hybridized carbons (Fsp3) is 0.125. The summed E-state index contributed by atoms with van der Waals surface area (Å²) in [5, 5.41) is 0. The Morgan fingerprint density at radius 1 is 1.50 bits per heavy atom. The molecule has 0 saturated heterocycles. The minimum Gasteiger partial charge on any atom is -0.398 e. The van der Waals surface area contributed by atoms with Gasteiger partial charge in [0.25, 0.3) is 0 Å². The van der Waals surface area contributed by atoms with Crippen molar-refractivity contribution in [2.45, 2.75) is 9.05 Å². The van der Waals surface area contributed by atoms with Gasteiger partial charge in [-0.15, -0.1) is 0 Å². The van der Waals surface area contributed by atoms with Gasteiger partial charge in [0, 0.05) is 16.1 Å². The van der Waals surface area contributed by atoms with Crippen LogP contribution in [0.3, 0.4) is 0 Å². The van der Waals surface area contributed by atoms with Crippen LogP contribution >= 0.6 is 27.7 Å². The van der Waals surface area contributed by atoms with E-state index in [0.29, 0.717) is 5.69 Å². The second kappa shape index (κ2) is 2.78. The Bertz CT molecular complexity index is 353. The van der Waals surface area contributed by atoms with Crippen LogP contribution in [0.2, 0.25) is 0 Å². The van der Waals surface area contributed by atoms with Gasteiger partial charge in [0.15, 0.2) is 5.78 Å². The van der Waals surface area contributed by atoms with E-state index in [4.69, 9.17) is 5.73 Å². The Morgan fingerprint density at radius 2 is 2.25 bits per heavy atom. The number of nitrogen functional groups attached to an aromatic ring is 1. The van der Waals surface area contributed by atoms with Crippen molar-refractivity contribution in [1.82, 2.24) is 0 Å². The number of Topliss-reactive ketones (excluding diaryl/α,β-unsaturated/α-hetero) is 1. The number of alkyl halides is 1. The number of rotatable bonds is 0. The lowest BCUT2D eigenvalue weighted by molar-refractivity contribution is 0.101. The molecule has 0 bridgehead atoms. The summed E-state index contributed by atoms with van der Waals surface area (Å²) in [7, 11) is 0. The summed E-state index contributed by atoms with van der Waals surface area (Å²) < 4.78 is -0.155. The molecule has 2 nitrogen and oxygen atoms in total. The van der Waals surface area contributed by atoms with E-state index in [0.717, 1.165) is 10.5 Å². The molecule has 1 aromatic rings. The fourth-order valence-electron chi connectivity index (χ4n) is 1.16. The van der Waals surface area contributed by atoms with Crippen molar-refractivity contribution in [3.05, 3.63) is 23.8 Å². The molecule has 12 heavy (non-hydrogen) atoms. The molecule has 62 valence electrons. The maximum Gasteiger partial charge on any atom is 0.188 e. The molecule has 1 heterocycles. The number of carbonyl (C=O) groups is 1. The number of hydrogen-bond donors (Lipinski definition) is 1. The minimum atomic E-state index is -0.155. The summed E-state index contributed by atoms with van der Waals surface area (Å²) in [5.74, 6) is 0.113. The minimum absolute atomic E-state index is 0.113. The van der Waals surface area contributed by atoms with Crippen molar-refractivity contribution in [2.75, 3.05) is 5.73 Å². The third-order valence-corrected chi connectivity index (χ3v) is 3.83. The van der Waals surface area contributed by atoms with Crippen LogP contribution in [0.5, 0.6) is 0 Å². The average Bonchev–Trinajstić information content (AvgIpc) is 2.32. The molecule has 1 atom stereocenters. The van der Waals surface area contributed by atoms with Crippen LogP contribution in [0.4, 0.5) is 5.69 Å². The van der Waals surface area contributed by atoms with Gasteiger partial charge >= 0.3 is 0 Å². The van der Waals surface area contributed by atoms with Crippen LogP contribution in [0, 0.1) is 0 Å². The zero-order valence-corrected chi connectivity index (χ0v) is 8.48. The van der Waals surface area contributed by atoms with Crippen LogP contribution in [0.1, 0.15) is 10.4 Å². The van der Waals surface area contributed by atoms with Crippen molar-refractivity contribution in [3.8, 4) is 0 Å². The highest BCUT2D eigenvalue weighted by Crippen LogP contribution is 2.42. The zero-order chi connectivity index (χ0) is 8.72. The molecule has 1 aliphatic rings. The van der Waals surface area contributed by atoms with Crippen molar-refractivity contribution in [2.24, 2.45) is 0 Å². The predicted molar refractivity (Wildman–Crippen MR) is 53.8 cm³/mol. The Kier molecular flexibility index (Phi) is 1.88. The highest BCUT2D eigenvalue weighted by atomic mass is 79.9. The summed E-state index contributed by atoms with van der Waals surface area (Å²) >= 11 is 4.74. The van der Waals surface area contributed by atoms with Gasteiger partial charge in [-0.2, -0.15) is 0 Å². The Balaban J connectivity index is 2.61. The molecular weight excluding hydrogens is 238 g/mol. The average molecular weight is 244 g/mol. The van der Waals surface area contributed by atoms with Gasteiger partial charge in [-0.05, 0) is 6.07 Å². The van der Waals surface area contributed by atoms with E-state index < -0.39 is 0 Å². The first-order valence-corrected chi connectivity index (χ1v) is 5.23. The van der Waals surface area contributed by atoms with Gasteiger partial charge in [0.2, 0.25) is 0 Å². The SMILES string of the molecule is Nc1cccc2c1SC(Br)C2=O. The first-order chi connectivity index (χ1) is 5.70. The predicted octanol–water partition coefficient (Wildman–Crippen LogP) is 2.28. The van der Waals surface area contributed by atoms with Crippen molar-refractivity contribution in [3.63, 3.8) is 0 Å². The molecule has 2 N–H and O–H groups in total. The number of fused-ring (bicyclic) bond motifs is 1. The van der Waals surface area contributed by atoms with E-state index in [1.165, 1.54) is 11.8 Å². The Morgan fingerprint density at radius 3 is 2.92 bits per heavy atom. The van der Waals surface area contributed by atoms with Crippen LogP contribution in [-0.2, 0) is 0 Å². The first kappa shape index (κ1) is 8.13. The summed E-state index contributed by atoms with van der Waals surface area (Å²) in [6, 6.07) is 5.42. The van der Waals surface area contributed by atoms with Gasteiger partial charge in [0.1, 0.15) is 4.16 Å². The number of anilines is 1. The molecule has 4 heteroatoms. The normalized spacial score (nSPS) is 21.1. The molecule has 0 amide bonds. The van der Waals surface area contributed by atoms with Gasteiger partial charge in [-0.3, -0.25) is 4.79 Å². The zero-order valence-electron chi connectivity index (χ0n) is 6.08. The van der Waals surface area contributed by atoms with E-state index in [1.54, 1.807) is 6.07 Å². The molecule has 1 aromatic carbocycles. The molecule has 1 aliphatic heterocycles. The van der Waals surface area contributed by atoms with Crippen molar-refractivity contribution >= 4 is 39.2 Å². The van der Waals surface area contributed by atoms with Crippen molar-refractivity contribution in [1.29, 1.82) is 0 Å². The highest BCUT2D eigenvalue weighted by molar-refractivity contribution is 9.11. The lowest BCUT2D eigenvalue weighted by atomic mass is 10.1. The molecule has 0 saturated carbocycles. The smallest absolute Gasteiger partial charge is 0.188 e. The van der Waals surface area contributed by atoms with Gasteiger partial charge < -0.3 is 5.73 Å². The third kappa shape index (κ3) is 1.06. The monoisotopic (exact) mass is 243 g/mol. The number of benzene rings is 1.